The number of nitrogens with zero attached hydrogens (tertiary/aromatic N) is 1. The largest absolute Gasteiger partial charge is 0.353 e. The Balaban J connectivity index is 2.00. The maximum atomic E-state index is 12.8. The highest BCUT2D eigenvalue weighted by Crippen LogP contribution is 2.25. The van der Waals surface area contributed by atoms with Crippen LogP contribution in [0.5, 0.6) is 0 Å². The molecule has 0 aliphatic rings. The minimum absolute atomic E-state index is 0.287. The number of benzene rings is 2. The van der Waals surface area contributed by atoms with Crippen LogP contribution in [0.25, 0.3) is 0 Å². The number of carbonyl (C=O) groups is 1. The van der Waals surface area contributed by atoms with Crippen LogP contribution in [0.3, 0.4) is 0 Å². The van der Waals surface area contributed by atoms with Gasteiger partial charge < -0.3 is 5.32 Å². The number of amides is 1. The summed E-state index contributed by atoms with van der Waals surface area (Å²) < 4.78 is 26.3. The molecule has 1 N–H and O–H groups in total. The molecule has 2 aromatic rings. The lowest BCUT2D eigenvalue weighted by Gasteiger charge is -2.30. The van der Waals surface area contributed by atoms with Crippen molar-refractivity contribution in [1.29, 1.82) is 0 Å². The number of rotatable bonds is 10. The second kappa shape index (κ2) is 11.1. The van der Waals surface area contributed by atoms with E-state index in [1.807, 2.05) is 57.2 Å². The molecule has 0 saturated heterocycles. The summed E-state index contributed by atoms with van der Waals surface area (Å²) in [6, 6.07) is 12.3. The van der Waals surface area contributed by atoms with Crippen molar-refractivity contribution in [1.82, 2.24) is 5.32 Å². The van der Waals surface area contributed by atoms with Gasteiger partial charge in [0.1, 0.15) is 6.04 Å². The summed E-state index contributed by atoms with van der Waals surface area (Å²) in [7, 11) is -3.62. The number of anilines is 1. The highest BCUT2D eigenvalue weighted by molar-refractivity contribution is 7.98. The zero-order valence-electron chi connectivity index (χ0n) is 17.8. The third-order valence-corrected chi connectivity index (χ3v) is 7.22. The second-order valence-electron chi connectivity index (χ2n) is 7.22. The first kappa shape index (κ1) is 24.6. The molecule has 1 amide bonds. The molecule has 0 aliphatic carbocycles. The lowest BCUT2D eigenvalue weighted by molar-refractivity contribution is -0.122. The van der Waals surface area contributed by atoms with Gasteiger partial charge in [-0.3, -0.25) is 9.10 Å². The number of carbonyl (C=O) groups excluding carboxylic acids is 1. The van der Waals surface area contributed by atoms with Crippen molar-refractivity contribution in [2.75, 3.05) is 22.9 Å². The predicted octanol–water partition coefficient (Wildman–Crippen LogP) is 4.55. The number of hydrogen-bond donors (Lipinski definition) is 1. The smallest absolute Gasteiger partial charge is 0.243 e. The second-order valence-corrected chi connectivity index (χ2v) is 10.6. The van der Waals surface area contributed by atoms with E-state index in [1.165, 1.54) is 4.31 Å². The van der Waals surface area contributed by atoms with E-state index in [-0.39, 0.29) is 5.91 Å². The maximum absolute atomic E-state index is 12.8. The summed E-state index contributed by atoms with van der Waals surface area (Å²) in [4.78, 5) is 12.8. The quantitative estimate of drug-likeness (QED) is 0.519. The minimum Gasteiger partial charge on any atom is -0.353 e. The van der Waals surface area contributed by atoms with Crippen LogP contribution in [0.2, 0.25) is 5.02 Å². The van der Waals surface area contributed by atoms with Crippen LogP contribution in [0.15, 0.2) is 42.5 Å². The summed E-state index contributed by atoms with van der Waals surface area (Å²) in [5.41, 5.74) is 3.69. The van der Waals surface area contributed by atoms with E-state index >= 15 is 0 Å². The molecular weight excluding hydrogens is 440 g/mol. The van der Waals surface area contributed by atoms with Crippen LogP contribution in [0.1, 0.15) is 30.0 Å². The third kappa shape index (κ3) is 6.93. The third-order valence-electron chi connectivity index (χ3n) is 4.78. The Labute approximate surface area is 189 Å². The van der Waals surface area contributed by atoms with E-state index in [9.17, 15) is 13.2 Å². The fourth-order valence-corrected chi connectivity index (χ4v) is 5.33. The zero-order valence-corrected chi connectivity index (χ0v) is 20.2. The fourth-order valence-electron chi connectivity index (χ4n) is 3.10. The number of nitrogens with one attached hydrogen (secondary N) is 1. The number of halogens is 1. The Kier molecular flexibility index (Phi) is 9.07. The van der Waals surface area contributed by atoms with Gasteiger partial charge in [-0.2, -0.15) is 11.8 Å². The molecule has 0 radical (unpaired) electrons. The van der Waals surface area contributed by atoms with Crippen molar-refractivity contribution < 1.29 is 13.2 Å². The number of hydrogen-bond acceptors (Lipinski definition) is 4. The van der Waals surface area contributed by atoms with Crippen molar-refractivity contribution in [3.05, 3.63) is 64.2 Å². The molecule has 0 heterocycles. The molecule has 0 unspecified atom stereocenters. The molecule has 164 valence electrons. The van der Waals surface area contributed by atoms with Gasteiger partial charge >= 0.3 is 0 Å². The molecule has 2 aromatic carbocycles. The van der Waals surface area contributed by atoms with Crippen molar-refractivity contribution in [2.24, 2.45) is 0 Å². The molecule has 0 spiro atoms. The molecule has 5 nitrogen and oxygen atoms in total. The van der Waals surface area contributed by atoms with Gasteiger partial charge in [0, 0.05) is 23.1 Å². The summed E-state index contributed by atoms with van der Waals surface area (Å²) in [5, 5.41) is 3.60. The van der Waals surface area contributed by atoms with Crippen LogP contribution in [0.4, 0.5) is 5.69 Å². The van der Waals surface area contributed by atoms with Gasteiger partial charge in [-0.15, -0.1) is 0 Å². The lowest BCUT2D eigenvalue weighted by Crippen LogP contribution is -2.49. The van der Waals surface area contributed by atoms with Gasteiger partial charge in [-0.1, -0.05) is 36.7 Å². The Morgan fingerprint density at radius 2 is 1.90 bits per heavy atom. The highest BCUT2D eigenvalue weighted by Gasteiger charge is 2.31. The molecule has 0 saturated carbocycles. The first-order chi connectivity index (χ1) is 14.1. The number of thioether (sulfide) groups is 1. The van der Waals surface area contributed by atoms with Crippen molar-refractivity contribution >= 4 is 45.0 Å². The summed E-state index contributed by atoms with van der Waals surface area (Å²) in [6.07, 6.45) is 1.51. The van der Waals surface area contributed by atoms with E-state index in [0.29, 0.717) is 23.7 Å². The molecule has 30 heavy (non-hydrogen) atoms. The van der Waals surface area contributed by atoms with Gasteiger partial charge in [0.15, 0.2) is 0 Å². The Hall–Kier alpha value is -1.70. The topological polar surface area (TPSA) is 66.5 Å². The minimum atomic E-state index is -3.62. The average Bonchev–Trinajstić information content (AvgIpc) is 2.67. The van der Waals surface area contributed by atoms with Crippen molar-refractivity contribution in [3.8, 4) is 0 Å². The lowest BCUT2D eigenvalue weighted by atomic mass is 10.1. The van der Waals surface area contributed by atoms with Crippen LogP contribution in [-0.2, 0) is 20.6 Å². The predicted molar refractivity (Wildman–Crippen MR) is 128 cm³/mol. The van der Waals surface area contributed by atoms with Gasteiger partial charge in [0.05, 0.1) is 11.9 Å². The van der Waals surface area contributed by atoms with Crippen molar-refractivity contribution in [3.63, 3.8) is 0 Å². The standard InChI is InChI=1S/C22H29ClN2O3S2/c1-5-21(25(30(4,27)28)20-10-9-16(2)17(3)13-20)22(26)24-11-12-29-15-18-7-6-8-19(23)14-18/h6-10,13-14,21H,5,11-12,15H2,1-4H3,(H,24,26)/t21-/m0/s1. The summed E-state index contributed by atoms with van der Waals surface area (Å²) in [5.74, 6) is 1.23. The Morgan fingerprint density at radius 3 is 2.50 bits per heavy atom. The van der Waals surface area contributed by atoms with E-state index in [2.05, 4.69) is 5.32 Å². The monoisotopic (exact) mass is 468 g/mol. The van der Waals surface area contributed by atoms with Crippen LogP contribution in [0, 0.1) is 13.8 Å². The van der Waals surface area contributed by atoms with Crippen molar-refractivity contribution in [2.45, 2.75) is 39.0 Å². The van der Waals surface area contributed by atoms with E-state index in [0.717, 1.165) is 34.5 Å². The maximum Gasteiger partial charge on any atom is 0.243 e. The molecular formula is C22H29ClN2O3S2. The highest BCUT2D eigenvalue weighted by atomic mass is 35.5. The molecule has 0 aliphatic heterocycles. The average molecular weight is 469 g/mol. The van der Waals surface area contributed by atoms with Crippen LogP contribution in [-0.4, -0.2) is 38.9 Å². The van der Waals surface area contributed by atoms with Gasteiger partial charge in [0.25, 0.3) is 0 Å². The van der Waals surface area contributed by atoms with Gasteiger partial charge in [-0.25, -0.2) is 8.42 Å². The Bertz CT molecular complexity index is 980. The molecule has 0 fully saturated rings. The van der Waals surface area contributed by atoms with Gasteiger partial charge in [-0.05, 0) is 61.2 Å². The van der Waals surface area contributed by atoms with E-state index in [4.69, 9.17) is 11.6 Å². The van der Waals surface area contributed by atoms with E-state index < -0.39 is 16.1 Å². The van der Waals surface area contributed by atoms with Crippen LogP contribution >= 0.6 is 23.4 Å². The van der Waals surface area contributed by atoms with E-state index in [1.54, 1.807) is 17.8 Å². The SMILES string of the molecule is CC[C@@H](C(=O)NCCSCc1cccc(Cl)c1)N(c1ccc(C)c(C)c1)S(C)(=O)=O. The molecule has 1 atom stereocenters. The normalized spacial score (nSPS) is 12.4. The number of aryl methyl sites for hydroxylation is 2. The molecule has 8 heteroatoms. The first-order valence-corrected chi connectivity index (χ1v) is 13.2. The zero-order chi connectivity index (χ0) is 22.3. The molecule has 0 aromatic heterocycles. The molecule has 0 bridgehead atoms. The number of sulfonamides is 1. The molecule has 2 rings (SSSR count). The summed E-state index contributed by atoms with van der Waals surface area (Å²) in [6.45, 7) is 6.18. The van der Waals surface area contributed by atoms with Crippen LogP contribution < -0.4 is 9.62 Å². The summed E-state index contributed by atoms with van der Waals surface area (Å²) >= 11 is 7.68. The first-order valence-electron chi connectivity index (χ1n) is 9.80. The van der Waals surface area contributed by atoms with Gasteiger partial charge in [0.2, 0.25) is 15.9 Å². The Morgan fingerprint density at radius 1 is 1.17 bits per heavy atom. The fraction of sp³-hybridized carbons (Fsp3) is 0.409.